The summed E-state index contributed by atoms with van der Waals surface area (Å²) in [6, 6.07) is 15.5. The largest absolute Gasteiger partial charge is 0.481 e. The number of piperidine rings is 1. The Morgan fingerprint density at radius 2 is 1.70 bits per heavy atom. The standard InChI is InChI=1S/C24H22F2N2O5/c25-24(26,20(29)28-10-14-9-23(14,13-28)21(30)31)12-27-22(32)33-11-19-17-7-3-1-5-15(17)16-6-2-4-8-18(16)19/h1-8,14,19H,9-13H2,(H,27,32)(H,30,31). The molecule has 7 nitrogen and oxygen atoms in total. The average Bonchev–Trinajstić information content (AvgIpc) is 3.23. The number of fused-ring (bicyclic) bond motifs is 4. The van der Waals surface area contributed by atoms with Crippen molar-refractivity contribution in [2.75, 3.05) is 26.2 Å². The number of likely N-dealkylation sites (tertiary alicyclic amines) is 1. The molecule has 2 fully saturated rings. The van der Waals surface area contributed by atoms with Gasteiger partial charge in [-0.05, 0) is 34.6 Å². The maximum Gasteiger partial charge on any atom is 0.407 e. The van der Waals surface area contributed by atoms with Gasteiger partial charge >= 0.3 is 18.0 Å². The SMILES string of the molecule is O=C(NCC(F)(F)C(=O)N1CC2CC2(C(=O)O)C1)OCC1c2ccccc2-c2ccccc21. The molecule has 3 aliphatic rings. The molecule has 0 bridgehead atoms. The number of halogens is 2. The van der Waals surface area contributed by atoms with E-state index in [2.05, 4.69) is 0 Å². The van der Waals surface area contributed by atoms with E-state index in [9.17, 15) is 28.3 Å². The number of amides is 2. The molecular weight excluding hydrogens is 434 g/mol. The van der Waals surface area contributed by atoms with Gasteiger partial charge in [0.05, 0.1) is 12.0 Å². The quantitative estimate of drug-likeness (QED) is 0.697. The van der Waals surface area contributed by atoms with Crippen molar-refractivity contribution in [2.45, 2.75) is 18.3 Å². The molecule has 33 heavy (non-hydrogen) atoms. The van der Waals surface area contributed by atoms with Gasteiger partial charge in [-0.25, -0.2) is 4.79 Å². The van der Waals surface area contributed by atoms with Crippen molar-refractivity contribution < 1.29 is 33.0 Å². The van der Waals surface area contributed by atoms with Crippen LogP contribution in [0.1, 0.15) is 23.5 Å². The van der Waals surface area contributed by atoms with E-state index in [0.29, 0.717) is 6.42 Å². The monoisotopic (exact) mass is 456 g/mol. The van der Waals surface area contributed by atoms with E-state index in [-0.39, 0.29) is 31.5 Å². The molecule has 2 atom stereocenters. The molecule has 2 unspecified atom stereocenters. The maximum absolute atomic E-state index is 14.4. The number of carbonyl (C=O) groups is 3. The Balaban J connectivity index is 1.17. The number of carbonyl (C=O) groups excluding carboxylic acids is 2. The molecule has 1 aliphatic heterocycles. The first-order valence-corrected chi connectivity index (χ1v) is 10.7. The summed E-state index contributed by atoms with van der Waals surface area (Å²) in [5.41, 5.74) is 2.98. The number of nitrogens with one attached hydrogen (secondary N) is 1. The van der Waals surface area contributed by atoms with Crippen molar-refractivity contribution in [1.29, 1.82) is 0 Å². The number of benzene rings is 2. The van der Waals surface area contributed by atoms with Gasteiger partial charge in [0.25, 0.3) is 5.91 Å². The minimum Gasteiger partial charge on any atom is -0.481 e. The summed E-state index contributed by atoms with van der Waals surface area (Å²) >= 11 is 0. The lowest BCUT2D eigenvalue weighted by Gasteiger charge is -2.25. The zero-order valence-electron chi connectivity index (χ0n) is 17.6. The predicted molar refractivity (Wildman–Crippen MR) is 113 cm³/mol. The highest BCUT2D eigenvalue weighted by Crippen LogP contribution is 2.58. The number of hydrogen-bond acceptors (Lipinski definition) is 4. The second-order valence-electron chi connectivity index (χ2n) is 8.93. The summed E-state index contributed by atoms with van der Waals surface area (Å²) in [6.07, 6.45) is -0.647. The van der Waals surface area contributed by atoms with Gasteiger partial charge in [0.2, 0.25) is 0 Å². The zero-order chi connectivity index (χ0) is 23.4. The molecule has 5 rings (SSSR count). The Hall–Kier alpha value is -3.49. The van der Waals surface area contributed by atoms with Crippen LogP contribution < -0.4 is 5.32 Å². The van der Waals surface area contributed by atoms with Crippen LogP contribution in [0.2, 0.25) is 0 Å². The van der Waals surface area contributed by atoms with E-state index in [1.807, 2.05) is 53.8 Å². The molecule has 2 aromatic carbocycles. The first-order valence-electron chi connectivity index (χ1n) is 10.7. The van der Waals surface area contributed by atoms with Crippen LogP contribution in [0, 0.1) is 11.3 Å². The van der Waals surface area contributed by atoms with Crippen LogP contribution >= 0.6 is 0 Å². The average molecular weight is 456 g/mol. The number of carboxylic acid groups (broad SMARTS) is 1. The maximum atomic E-state index is 14.4. The smallest absolute Gasteiger partial charge is 0.407 e. The molecule has 0 spiro atoms. The second kappa shape index (κ2) is 7.54. The summed E-state index contributed by atoms with van der Waals surface area (Å²) in [4.78, 5) is 36.6. The molecule has 2 aromatic rings. The lowest BCUT2D eigenvalue weighted by molar-refractivity contribution is -0.157. The van der Waals surface area contributed by atoms with Crippen LogP contribution in [0.3, 0.4) is 0 Å². The number of ether oxygens (including phenoxy) is 1. The molecule has 2 N–H and O–H groups in total. The van der Waals surface area contributed by atoms with Crippen molar-refractivity contribution in [1.82, 2.24) is 10.2 Å². The van der Waals surface area contributed by atoms with Crippen molar-refractivity contribution in [3.63, 3.8) is 0 Å². The van der Waals surface area contributed by atoms with Gasteiger partial charge in [-0.2, -0.15) is 8.78 Å². The zero-order valence-corrected chi connectivity index (χ0v) is 17.6. The third-order valence-electron chi connectivity index (χ3n) is 6.97. The number of hydrogen-bond donors (Lipinski definition) is 2. The highest BCUT2D eigenvalue weighted by atomic mass is 19.3. The molecule has 172 valence electrons. The summed E-state index contributed by atoms with van der Waals surface area (Å²) < 4.78 is 34.1. The Morgan fingerprint density at radius 3 is 2.27 bits per heavy atom. The first-order chi connectivity index (χ1) is 15.7. The Morgan fingerprint density at radius 1 is 1.09 bits per heavy atom. The molecular formula is C24H22F2N2O5. The Labute approximate surface area is 188 Å². The van der Waals surface area contributed by atoms with Gasteiger partial charge in [0, 0.05) is 19.0 Å². The van der Waals surface area contributed by atoms with Crippen LogP contribution in [0.15, 0.2) is 48.5 Å². The Kier molecular flexibility index (Phi) is 4.88. The van der Waals surface area contributed by atoms with Crippen LogP contribution in [0.5, 0.6) is 0 Å². The van der Waals surface area contributed by atoms with Crippen LogP contribution in [0.25, 0.3) is 11.1 Å². The third-order valence-corrected chi connectivity index (χ3v) is 6.97. The van der Waals surface area contributed by atoms with Gasteiger partial charge in [-0.3, -0.25) is 9.59 Å². The number of carboxylic acids is 1. The number of rotatable bonds is 6. The number of alkyl halides is 2. The molecule has 1 saturated carbocycles. The summed E-state index contributed by atoms with van der Waals surface area (Å²) in [5, 5.41) is 11.2. The highest BCUT2D eigenvalue weighted by molar-refractivity contribution is 5.88. The van der Waals surface area contributed by atoms with Crippen LogP contribution in [-0.2, 0) is 14.3 Å². The molecule has 0 radical (unpaired) electrons. The summed E-state index contributed by atoms with van der Waals surface area (Å²) in [7, 11) is 0. The summed E-state index contributed by atoms with van der Waals surface area (Å²) in [5.74, 6) is -6.90. The fourth-order valence-corrected chi connectivity index (χ4v) is 5.11. The fraction of sp³-hybridized carbons (Fsp3) is 0.375. The molecule has 2 amide bonds. The normalized spacial score (nSPS) is 22.8. The van der Waals surface area contributed by atoms with Crippen molar-refractivity contribution in [2.24, 2.45) is 11.3 Å². The molecule has 1 saturated heterocycles. The number of nitrogens with zero attached hydrogens (tertiary/aromatic N) is 1. The minimum absolute atomic E-state index is 0.00827. The van der Waals surface area contributed by atoms with E-state index in [1.165, 1.54) is 0 Å². The van der Waals surface area contributed by atoms with E-state index < -0.39 is 35.9 Å². The number of aliphatic carboxylic acids is 1. The van der Waals surface area contributed by atoms with Gasteiger partial charge in [0.15, 0.2) is 0 Å². The predicted octanol–water partition coefficient (Wildman–Crippen LogP) is 3.09. The molecule has 9 heteroatoms. The highest BCUT2D eigenvalue weighted by Gasteiger charge is 2.67. The topological polar surface area (TPSA) is 95.9 Å². The first kappa shape index (κ1) is 21.4. The van der Waals surface area contributed by atoms with Crippen LogP contribution in [-0.4, -0.2) is 60.1 Å². The molecule has 1 heterocycles. The number of alkyl carbamates (subject to hydrolysis) is 1. The molecule has 0 aromatic heterocycles. The minimum atomic E-state index is -3.86. The van der Waals surface area contributed by atoms with Gasteiger partial charge < -0.3 is 20.1 Å². The lowest BCUT2D eigenvalue weighted by Crippen LogP contribution is -2.50. The van der Waals surface area contributed by atoms with Crippen LogP contribution in [0.4, 0.5) is 13.6 Å². The Bertz CT molecular complexity index is 1110. The summed E-state index contributed by atoms with van der Waals surface area (Å²) in [6.45, 7) is -1.49. The second-order valence-corrected chi connectivity index (χ2v) is 8.93. The lowest BCUT2D eigenvalue weighted by atomic mass is 9.98. The van der Waals surface area contributed by atoms with Gasteiger partial charge in [-0.15, -0.1) is 0 Å². The van der Waals surface area contributed by atoms with E-state index >= 15 is 0 Å². The van der Waals surface area contributed by atoms with E-state index in [0.717, 1.165) is 27.2 Å². The van der Waals surface area contributed by atoms with Gasteiger partial charge in [-0.1, -0.05) is 48.5 Å². The van der Waals surface area contributed by atoms with Crippen molar-refractivity contribution in [3.8, 4) is 11.1 Å². The van der Waals surface area contributed by atoms with Crippen molar-refractivity contribution in [3.05, 3.63) is 59.7 Å². The van der Waals surface area contributed by atoms with E-state index in [1.54, 1.807) is 0 Å². The fourth-order valence-electron chi connectivity index (χ4n) is 5.11. The van der Waals surface area contributed by atoms with Gasteiger partial charge in [0.1, 0.15) is 6.61 Å². The van der Waals surface area contributed by atoms with Crippen molar-refractivity contribution >= 4 is 18.0 Å². The third kappa shape index (κ3) is 3.51. The van der Waals surface area contributed by atoms with E-state index in [4.69, 9.17) is 4.74 Å². The molecule has 2 aliphatic carbocycles.